The first-order valence-electron chi connectivity index (χ1n) is 10.3. The normalized spacial score (nSPS) is 17.9. The quantitative estimate of drug-likeness (QED) is 0.562. The summed E-state index contributed by atoms with van der Waals surface area (Å²) in [5.74, 6) is 1.14. The Labute approximate surface area is 194 Å². The van der Waals surface area contributed by atoms with Crippen molar-refractivity contribution in [2.24, 2.45) is 0 Å². The summed E-state index contributed by atoms with van der Waals surface area (Å²) in [5.41, 5.74) is 1.60. The number of hydrogen-bond donors (Lipinski definition) is 1. The number of ether oxygens (including phenoxy) is 1. The van der Waals surface area contributed by atoms with Crippen LogP contribution in [0.3, 0.4) is 0 Å². The van der Waals surface area contributed by atoms with Gasteiger partial charge in [-0.3, -0.25) is 4.79 Å². The van der Waals surface area contributed by atoms with E-state index in [0.717, 1.165) is 5.82 Å². The Morgan fingerprint density at radius 3 is 2.91 bits per heavy atom. The molecule has 0 saturated carbocycles. The summed E-state index contributed by atoms with van der Waals surface area (Å²) in [6, 6.07) is 6.77. The largest absolute Gasteiger partial charge is 0.507 e. The lowest BCUT2D eigenvalue weighted by Crippen LogP contribution is -2.55. The van der Waals surface area contributed by atoms with Gasteiger partial charge in [-0.05, 0) is 24.3 Å². The first-order chi connectivity index (χ1) is 15.5. The van der Waals surface area contributed by atoms with Crippen molar-refractivity contribution >= 4 is 45.8 Å². The lowest BCUT2D eigenvalue weighted by Gasteiger charge is -2.43. The third kappa shape index (κ3) is 3.32. The molecule has 2 aliphatic heterocycles. The van der Waals surface area contributed by atoms with Gasteiger partial charge in [-0.15, -0.1) is 0 Å². The molecule has 9 heteroatoms. The second-order valence-electron chi connectivity index (χ2n) is 7.77. The van der Waals surface area contributed by atoms with Crippen molar-refractivity contribution in [3.63, 3.8) is 0 Å². The number of rotatable bonds is 2. The molecule has 0 unspecified atom stereocenters. The molecule has 1 fully saturated rings. The van der Waals surface area contributed by atoms with Crippen molar-refractivity contribution in [3.8, 4) is 22.6 Å². The van der Waals surface area contributed by atoms with Gasteiger partial charge in [0.05, 0.1) is 33.6 Å². The molecule has 1 saturated heterocycles. The van der Waals surface area contributed by atoms with Crippen molar-refractivity contribution in [1.29, 1.82) is 0 Å². The number of aromatic nitrogens is 2. The number of piperazine rings is 1. The predicted molar refractivity (Wildman–Crippen MR) is 125 cm³/mol. The number of phenols is 1. The third-order valence-electron chi connectivity index (χ3n) is 6.00. The van der Waals surface area contributed by atoms with E-state index in [2.05, 4.69) is 21.4 Å². The maximum absolute atomic E-state index is 12.1. The maximum Gasteiger partial charge on any atom is 0.246 e. The van der Waals surface area contributed by atoms with Gasteiger partial charge in [0.2, 0.25) is 5.91 Å². The van der Waals surface area contributed by atoms with Gasteiger partial charge < -0.3 is 19.6 Å². The molecule has 2 aliphatic rings. The second-order valence-corrected chi connectivity index (χ2v) is 8.55. The van der Waals surface area contributed by atoms with Gasteiger partial charge in [0, 0.05) is 37.2 Å². The summed E-state index contributed by atoms with van der Waals surface area (Å²) in [5, 5.41) is 11.9. The van der Waals surface area contributed by atoms with Gasteiger partial charge in [-0.2, -0.15) is 0 Å². The number of carbonyl (C=O) groups excluding carboxylic acids is 1. The van der Waals surface area contributed by atoms with Crippen LogP contribution in [-0.4, -0.2) is 58.2 Å². The molecule has 0 aliphatic carbocycles. The monoisotopic (exact) mass is 470 g/mol. The summed E-state index contributed by atoms with van der Waals surface area (Å²) >= 11 is 13.2. The highest BCUT2D eigenvalue weighted by Crippen LogP contribution is 2.48. The van der Waals surface area contributed by atoms with E-state index in [1.54, 1.807) is 29.2 Å². The molecular formula is C23H20Cl2N4O3. The fraction of sp³-hybridized carbons (Fsp3) is 0.261. The molecule has 0 spiro atoms. The van der Waals surface area contributed by atoms with Crippen LogP contribution in [0.25, 0.3) is 22.0 Å². The van der Waals surface area contributed by atoms with Crippen LogP contribution in [-0.2, 0) is 4.79 Å². The number of aromatic hydroxyl groups is 1. The van der Waals surface area contributed by atoms with Gasteiger partial charge in [-0.1, -0.05) is 35.8 Å². The molecule has 1 atom stereocenters. The van der Waals surface area contributed by atoms with Gasteiger partial charge in [-0.25, -0.2) is 9.97 Å². The van der Waals surface area contributed by atoms with E-state index in [1.165, 1.54) is 12.4 Å². The number of hydrogen-bond acceptors (Lipinski definition) is 6. The SMILES string of the molecule is C=CC(=O)N1CCN2c3ncnc4cc(-c5c(O)cccc5Cl)c(Cl)c(c34)OCC[C@@H]2C1. The van der Waals surface area contributed by atoms with Crippen LogP contribution in [0.5, 0.6) is 11.5 Å². The summed E-state index contributed by atoms with van der Waals surface area (Å²) in [7, 11) is 0. The molecule has 0 radical (unpaired) electrons. The second kappa shape index (κ2) is 8.15. The molecule has 3 heterocycles. The number of amides is 1. The number of benzene rings is 2. The van der Waals surface area contributed by atoms with E-state index in [-0.39, 0.29) is 17.7 Å². The first-order valence-corrected chi connectivity index (χ1v) is 11.0. The molecule has 2 aromatic carbocycles. The number of carbonyl (C=O) groups is 1. The molecule has 3 aromatic rings. The summed E-state index contributed by atoms with van der Waals surface area (Å²) in [6.07, 6.45) is 3.54. The number of nitrogens with zero attached hydrogens (tertiary/aromatic N) is 4. The lowest BCUT2D eigenvalue weighted by molar-refractivity contribution is -0.126. The number of anilines is 1. The highest BCUT2D eigenvalue weighted by Gasteiger charge is 2.34. The highest BCUT2D eigenvalue weighted by atomic mass is 35.5. The van der Waals surface area contributed by atoms with E-state index in [0.29, 0.717) is 70.5 Å². The van der Waals surface area contributed by atoms with Crippen molar-refractivity contribution in [2.75, 3.05) is 31.1 Å². The van der Waals surface area contributed by atoms with E-state index >= 15 is 0 Å². The maximum atomic E-state index is 12.1. The van der Waals surface area contributed by atoms with Crippen molar-refractivity contribution in [1.82, 2.24) is 14.9 Å². The standard InChI is InChI=1S/C23H20Cl2N4O3/c1-2-18(31)28-7-8-29-13(11-28)6-9-32-22-20-16(26-12-27-23(20)29)10-14(21(22)25)19-15(24)4-3-5-17(19)30/h2-5,10,12-13,30H,1,6-9,11H2/t13-/m1/s1. The van der Waals surface area contributed by atoms with Gasteiger partial charge >= 0.3 is 0 Å². The number of halogens is 2. The third-order valence-corrected chi connectivity index (χ3v) is 6.69. The summed E-state index contributed by atoms with van der Waals surface area (Å²) in [6.45, 7) is 5.76. The van der Waals surface area contributed by atoms with E-state index in [9.17, 15) is 9.90 Å². The topological polar surface area (TPSA) is 78.8 Å². The van der Waals surface area contributed by atoms with Gasteiger partial charge in [0.15, 0.2) is 5.75 Å². The van der Waals surface area contributed by atoms with Crippen LogP contribution in [0.4, 0.5) is 5.82 Å². The zero-order chi connectivity index (χ0) is 22.4. The van der Waals surface area contributed by atoms with Gasteiger partial charge in [0.1, 0.15) is 17.9 Å². The molecule has 1 amide bonds. The fourth-order valence-electron chi connectivity index (χ4n) is 4.47. The predicted octanol–water partition coefficient (Wildman–Crippen LogP) is 4.29. The minimum absolute atomic E-state index is 0.0224. The Balaban J connectivity index is 1.67. The lowest BCUT2D eigenvalue weighted by atomic mass is 10.00. The van der Waals surface area contributed by atoms with Crippen LogP contribution in [0.15, 0.2) is 43.2 Å². The van der Waals surface area contributed by atoms with E-state index < -0.39 is 0 Å². The molecule has 164 valence electrons. The summed E-state index contributed by atoms with van der Waals surface area (Å²) in [4.78, 5) is 25.2. The van der Waals surface area contributed by atoms with Crippen LogP contribution >= 0.6 is 23.2 Å². The van der Waals surface area contributed by atoms with E-state index in [1.807, 2.05) is 0 Å². The Morgan fingerprint density at radius 2 is 2.12 bits per heavy atom. The highest BCUT2D eigenvalue weighted by molar-refractivity contribution is 6.39. The van der Waals surface area contributed by atoms with Crippen LogP contribution < -0.4 is 9.64 Å². The Kier molecular flexibility index (Phi) is 5.31. The van der Waals surface area contributed by atoms with E-state index in [4.69, 9.17) is 27.9 Å². The van der Waals surface area contributed by atoms with Gasteiger partial charge in [0.25, 0.3) is 0 Å². The van der Waals surface area contributed by atoms with Crippen molar-refractivity contribution < 1.29 is 14.6 Å². The smallest absolute Gasteiger partial charge is 0.246 e. The molecule has 1 N–H and O–H groups in total. The molecule has 0 bridgehead atoms. The zero-order valence-corrected chi connectivity index (χ0v) is 18.6. The molecular weight excluding hydrogens is 451 g/mol. The zero-order valence-electron chi connectivity index (χ0n) is 17.1. The van der Waals surface area contributed by atoms with Crippen molar-refractivity contribution in [2.45, 2.75) is 12.5 Å². The average Bonchev–Trinajstić information content (AvgIpc) is 2.78. The van der Waals surface area contributed by atoms with Crippen molar-refractivity contribution in [3.05, 3.63) is 53.3 Å². The molecule has 32 heavy (non-hydrogen) atoms. The minimum Gasteiger partial charge on any atom is -0.507 e. The fourth-order valence-corrected chi connectivity index (χ4v) is 5.04. The molecule has 1 aromatic heterocycles. The number of fused-ring (bicyclic) bond motifs is 2. The molecule has 5 rings (SSSR count). The van der Waals surface area contributed by atoms with Crippen LogP contribution in [0.2, 0.25) is 10.0 Å². The Hall–Kier alpha value is -3.03. The molecule has 7 nitrogen and oxygen atoms in total. The average molecular weight is 471 g/mol. The Morgan fingerprint density at radius 1 is 1.28 bits per heavy atom. The van der Waals surface area contributed by atoms with Crippen LogP contribution in [0, 0.1) is 0 Å². The number of phenolic OH excluding ortho intramolecular Hbond substituents is 1. The minimum atomic E-state index is -0.0758. The first kappa shape index (κ1) is 20.8. The summed E-state index contributed by atoms with van der Waals surface area (Å²) < 4.78 is 6.16. The Bertz CT molecular complexity index is 1230. The van der Waals surface area contributed by atoms with Crippen LogP contribution in [0.1, 0.15) is 6.42 Å².